The topological polar surface area (TPSA) is 113 Å². The molecule has 0 aliphatic carbocycles. The molecule has 1 amide bonds. The van der Waals surface area contributed by atoms with Crippen molar-refractivity contribution in [3.63, 3.8) is 0 Å². The molecule has 8 heteroatoms. The summed E-state index contributed by atoms with van der Waals surface area (Å²) in [6, 6.07) is 20.9. The SMILES string of the molecule is CCS(=O)(=O)c1ccc(CC(=O)Nc2ccc(C(C)(NC)C(=O)[C@@H](O)Cc3ccc(C)cc3)cc2)cc1. The number of aryl methyl sites for hydroxylation is 1. The number of Topliss-reactive ketones (excluding diaryl/α,β-unsaturated/α-hetero) is 1. The number of rotatable bonds is 11. The molecule has 196 valence electrons. The van der Waals surface area contributed by atoms with Crippen molar-refractivity contribution in [2.24, 2.45) is 0 Å². The van der Waals surface area contributed by atoms with Crippen LogP contribution in [0.1, 0.15) is 36.1 Å². The standard InChI is InChI=1S/C29H34N2O5S/c1-5-37(35,36)25-16-10-22(11-17-25)19-27(33)31-24-14-12-23(13-15-24)29(3,30-4)28(34)26(32)18-21-8-6-20(2)7-9-21/h6-17,26,30,32H,5,18-19H2,1-4H3,(H,31,33)/t26-,29?/m0/s1. The molecule has 37 heavy (non-hydrogen) atoms. The average Bonchev–Trinajstić information content (AvgIpc) is 2.89. The van der Waals surface area contributed by atoms with Crippen molar-refractivity contribution in [2.45, 2.75) is 50.2 Å². The Bertz CT molecular complexity index is 1330. The zero-order chi connectivity index (χ0) is 27.2. The van der Waals surface area contributed by atoms with Gasteiger partial charge < -0.3 is 15.7 Å². The number of anilines is 1. The summed E-state index contributed by atoms with van der Waals surface area (Å²) in [5.74, 6) is -0.576. The van der Waals surface area contributed by atoms with Gasteiger partial charge in [0.05, 0.1) is 17.1 Å². The third-order valence-corrected chi connectivity index (χ3v) is 8.37. The van der Waals surface area contributed by atoms with Gasteiger partial charge in [-0.05, 0) is 61.9 Å². The van der Waals surface area contributed by atoms with Crippen molar-refractivity contribution >= 4 is 27.2 Å². The third-order valence-electron chi connectivity index (χ3n) is 6.62. The highest BCUT2D eigenvalue weighted by Crippen LogP contribution is 2.26. The van der Waals surface area contributed by atoms with Crippen LogP contribution in [0.4, 0.5) is 5.69 Å². The number of amides is 1. The van der Waals surface area contributed by atoms with Crippen LogP contribution in [-0.2, 0) is 37.8 Å². The number of carbonyl (C=O) groups excluding carboxylic acids is 2. The van der Waals surface area contributed by atoms with Crippen molar-refractivity contribution < 1.29 is 23.1 Å². The van der Waals surface area contributed by atoms with Crippen molar-refractivity contribution in [3.8, 4) is 0 Å². The van der Waals surface area contributed by atoms with Crippen LogP contribution in [0.15, 0.2) is 77.7 Å². The summed E-state index contributed by atoms with van der Waals surface area (Å²) in [6.45, 7) is 5.29. The zero-order valence-corrected chi connectivity index (χ0v) is 22.4. The number of aliphatic hydroxyl groups is 1. The number of benzene rings is 3. The second-order valence-electron chi connectivity index (χ2n) is 9.29. The normalized spacial score (nSPS) is 14.0. The molecule has 0 aromatic heterocycles. The first-order chi connectivity index (χ1) is 17.5. The molecule has 3 N–H and O–H groups in total. The molecule has 3 aromatic rings. The smallest absolute Gasteiger partial charge is 0.228 e. The Morgan fingerprint density at radius 3 is 2.03 bits per heavy atom. The molecular formula is C29H34N2O5S. The number of carbonyl (C=O) groups is 2. The van der Waals surface area contributed by atoms with E-state index in [1.165, 1.54) is 12.1 Å². The molecule has 2 atom stereocenters. The number of sulfone groups is 1. The van der Waals surface area contributed by atoms with E-state index in [1.54, 1.807) is 57.3 Å². The fourth-order valence-corrected chi connectivity index (χ4v) is 4.93. The van der Waals surface area contributed by atoms with Crippen LogP contribution >= 0.6 is 0 Å². The largest absolute Gasteiger partial charge is 0.385 e. The van der Waals surface area contributed by atoms with Crippen LogP contribution in [0, 0.1) is 6.92 Å². The molecule has 0 spiro atoms. The molecule has 0 radical (unpaired) electrons. The molecule has 0 fully saturated rings. The second-order valence-corrected chi connectivity index (χ2v) is 11.6. The van der Waals surface area contributed by atoms with Crippen LogP contribution in [-0.4, -0.2) is 44.1 Å². The molecule has 0 aliphatic heterocycles. The van der Waals surface area contributed by atoms with Gasteiger partial charge in [-0.15, -0.1) is 0 Å². The van der Waals surface area contributed by atoms with Gasteiger partial charge in [-0.3, -0.25) is 9.59 Å². The van der Waals surface area contributed by atoms with E-state index in [0.29, 0.717) is 16.8 Å². The van der Waals surface area contributed by atoms with Gasteiger partial charge in [0, 0.05) is 12.1 Å². The van der Waals surface area contributed by atoms with E-state index in [0.717, 1.165) is 11.1 Å². The van der Waals surface area contributed by atoms with Gasteiger partial charge in [0.2, 0.25) is 5.91 Å². The van der Waals surface area contributed by atoms with Crippen molar-refractivity contribution in [1.29, 1.82) is 0 Å². The lowest BCUT2D eigenvalue weighted by molar-refractivity contribution is -0.133. The number of likely N-dealkylation sites (N-methyl/N-ethyl adjacent to an activating group) is 1. The molecule has 3 aromatic carbocycles. The highest BCUT2D eigenvalue weighted by atomic mass is 32.2. The minimum Gasteiger partial charge on any atom is -0.385 e. The van der Waals surface area contributed by atoms with E-state index in [1.807, 2.05) is 31.2 Å². The fraction of sp³-hybridized carbons (Fsp3) is 0.310. The summed E-state index contributed by atoms with van der Waals surface area (Å²) < 4.78 is 23.9. The van der Waals surface area contributed by atoms with Crippen LogP contribution in [0.25, 0.3) is 0 Å². The molecule has 0 saturated carbocycles. The van der Waals surface area contributed by atoms with E-state index in [2.05, 4.69) is 10.6 Å². The fourth-order valence-electron chi connectivity index (χ4n) is 4.04. The van der Waals surface area contributed by atoms with Gasteiger partial charge in [0.15, 0.2) is 15.6 Å². The first-order valence-corrected chi connectivity index (χ1v) is 13.8. The number of ketones is 1. The van der Waals surface area contributed by atoms with E-state index in [-0.39, 0.29) is 35.2 Å². The first kappa shape index (κ1) is 28.2. The van der Waals surface area contributed by atoms with Crippen LogP contribution in [0.5, 0.6) is 0 Å². The Morgan fingerprint density at radius 2 is 1.49 bits per heavy atom. The monoisotopic (exact) mass is 522 g/mol. The summed E-state index contributed by atoms with van der Waals surface area (Å²) in [7, 11) is -1.62. The summed E-state index contributed by atoms with van der Waals surface area (Å²) in [6.07, 6.45) is -0.875. The molecule has 0 heterocycles. The minimum atomic E-state index is -3.29. The van der Waals surface area contributed by atoms with Crippen molar-refractivity contribution in [1.82, 2.24) is 5.32 Å². The van der Waals surface area contributed by atoms with Gasteiger partial charge >= 0.3 is 0 Å². The van der Waals surface area contributed by atoms with Crippen molar-refractivity contribution in [2.75, 3.05) is 18.1 Å². The Balaban J connectivity index is 1.65. The molecule has 0 bridgehead atoms. The number of nitrogens with one attached hydrogen (secondary N) is 2. The zero-order valence-electron chi connectivity index (χ0n) is 21.6. The quantitative estimate of drug-likeness (QED) is 0.355. The predicted octanol–water partition coefficient (Wildman–Crippen LogP) is 3.58. The van der Waals surface area contributed by atoms with E-state index >= 15 is 0 Å². The molecular weight excluding hydrogens is 488 g/mol. The molecule has 1 unspecified atom stereocenters. The van der Waals surface area contributed by atoms with Gasteiger partial charge in [-0.25, -0.2) is 8.42 Å². The molecule has 3 rings (SSSR count). The molecule has 0 saturated heterocycles. The Hall–Kier alpha value is -3.33. The lowest BCUT2D eigenvalue weighted by Crippen LogP contribution is -2.50. The van der Waals surface area contributed by atoms with Crippen LogP contribution in [0.2, 0.25) is 0 Å². The number of hydrogen-bond donors (Lipinski definition) is 3. The van der Waals surface area contributed by atoms with Gasteiger partial charge in [0.25, 0.3) is 0 Å². The lowest BCUT2D eigenvalue weighted by Gasteiger charge is -2.30. The highest BCUT2D eigenvalue weighted by Gasteiger charge is 2.37. The van der Waals surface area contributed by atoms with E-state index in [9.17, 15) is 23.1 Å². The van der Waals surface area contributed by atoms with Gasteiger partial charge in [-0.1, -0.05) is 61.0 Å². The Labute approximate surface area is 218 Å². The highest BCUT2D eigenvalue weighted by molar-refractivity contribution is 7.91. The Kier molecular flexibility index (Phi) is 9.02. The molecule has 7 nitrogen and oxygen atoms in total. The minimum absolute atomic E-state index is 0.0206. The maximum atomic E-state index is 13.2. The second kappa shape index (κ2) is 11.8. The first-order valence-electron chi connectivity index (χ1n) is 12.2. The number of aliphatic hydroxyl groups excluding tert-OH is 1. The van der Waals surface area contributed by atoms with Crippen molar-refractivity contribution in [3.05, 3.63) is 95.1 Å². The average molecular weight is 523 g/mol. The van der Waals surface area contributed by atoms with Gasteiger partial charge in [-0.2, -0.15) is 0 Å². The van der Waals surface area contributed by atoms with E-state index < -0.39 is 21.5 Å². The lowest BCUT2D eigenvalue weighted by atomic mass is 9.83. The number of hydrogen-bond acceptors (Lipinski definition) is 6. The van der Waals surface area contributed by atoms with Crippen LogP contribution < -0.4 is 10.6 Å². The molecule has 0 aliphatic rings. The van der Waals surface area contributed by atoms with Crippen LogP contribution in [0.3, 0.4) is 0 Å². The van der Waals surface area contributed by atoms with E-state index in [4.69, 9.17) is 0 Å². The Morgan fingerprint density at radius 1 is 0.919 bits per heavy atom. The summed E-state index contributed by atoms with van der Waals surface area (Å²) in [5, 5.41) is 16.5. The summed E-state index contributed by atoms with van der Waals surface area (Å²) >= 11 is 0. The summed E-state index contributed by atoms with van der Waals surface area (Å²) in [5.41, 5.74) is 2.79. The maximum Gasteiger partial charge on any atom is 0.228 e. The maximum absolute atomic E-state index is 13.2. The third kappa shape index (κ3) is 6.91. The van der Waals surface area contributed by atoms with Gasteiger partial charge in [0.1, 0.15) is 11.6 Å². The summed E-state index contributed by atoms with van der Waals surface area (Å²) in [4.78, 5) is 26.0. The predicted molar refractivity (Wildman–Crippen MR) is 145 cm³/mol.